The van der Waals surface area contributed by atoms with Gasteiger partial charge in [0, 0.05) is 29.5 Å². The number of benzene rings is 1. The number of aliphatic hydroxyl groups is 3. The third-order valence-electron chi connectivity index (χ3n) is 10.9. The Hall–Kier alpha value is -2.22. The summed E-state index contributed by atoms with van der Waals surface area (Å²) in [6, 6.07) is 9.77. The molecule has 6 rings (SSSR count). The molecule has 1 heterocycles. The van der Waals surface area contributed by atoms with E-state index in [-0.39, 0.29) is 29.1 Å². The Labute approximate surface area is 212 Å². The third-order valence-corrected chi connectivity index (χ3v) is 10.9. The lowest BCUT2D eigenvalue weighted by Gasteiger charge is -2.65. The normalized spacial score (nSPS) is 46.0. The zero-order chi connectivity index (χ0) is 25.2. The monoisotopic (exact) mass is 494 g/mol. The Balaban J connectivity index is 1.35. The van der Waals surface area contributed by atoms with Crippen molar-refractivity contribution in [1.82, 2.24) is 0 Å². The number of cyclic esters (lactones) is 1. The summed E-state index contributed by atoms with van der Waals surface area (Å²) in [6.07, 6.45) is 9.15. The standard InChI is InChI=1S/C29H38N2O5/c1-26-11-8-23-24(29(26,35)14-10-22(26)19-15-25(33)36-17-19)9-13-28(34)16-21(32)7-12-27(23,28)18-30-31-20-5-3-2-4-6-20/h2-6,15,18,21-24,31-32,34-35H,7-14,16-17H2,1H3/b30-18+/t21-,22?,23+,24-,26?,27?,28?,29?/m1/s1. The number of esters is 1. The van der Waals surface area contributed by atoms with Crippen molar-refractivity contribution in [3.8, 4) is 0 Å². The molecule has 0 saturated heterocycles. The number of hydrazone groups is 1. The number of ether oxygens (including phenoxy) is 1. The van der Waals surface area contributed by atoms with E-state index in [2.05, 4.69) is 17.5 Å². The number of anilines is 1. The summed E-state index contributed by atoms with van der Waals surface area (Å²) >= 11 is 0. The first-order valence-electron chi connectivity index (χ1n) is 13.6. The minimum absolute atomic E-state index is 0.0265. The summed E-state index contributed by atoms with van der Waals surface area (Å²) in [5.41, 5.74) is 2.16. The van der Waals surface area contributed by atoms with Crippen molar-refractivity contribution in [1.29, 1.82) is 0 Å². The van der Waals surface area contributed by atoms with Crippen molar-refractivity contribution in [2.75, 3.05) is 12.0 Å². The minimum atomic E-state index is -1.05. The van der Waals surface area contributed by atoms with E-state index in [4.69, 9.17) is 4.74 Å². The van der Waals surface area contributed by atoms with Gasteiger partial charge < -0.3 is 20.1 Å². The molecule has 7 nitrogen and oxygen atoms in total. The summed E-state index contributed by atoms with van der Waals surface area (Å²) in [5, 5.41) is 39.7. The van der Waals surface area contributed by atoms with Gasteiger partial charge in [-0.3, -0.25) is 5.43 Å². The van der Waals surface area contributed by atoms with Crippen molar-refractivity contribution in [2.45, 2.75) is 82.0 Å². The molecule has 5 unspecified atom stereocenters. The Bertz CT molecular complexity index is 1090. The fourth-order valence-corrected chi connectivity index (χ4v) is 9.10. The summed E-state index contributed by atoms with van der Waals surface area (Å²) in [4.78, 5) is 11.8. The van der Waals surface area contributed by atoms with Crippen LogP contribution in [0.15, 0.2) is 47.1 Å². The van der Waals surface area contributed by atoms with E-state index in [9.17, 15) is 20.1 Å². The van der Waals surface area contributed by atoms with Gasteiger partial charge in [0.05, 0.1) is 23.0 Å². The van der Waals surface area contributed by atoms with Crippen LogP contribution in [0.4, 0.5) is 5.69 Å². The van der Waals surface area contributed by atoms with Crippen LogP contribution in [-0.4, -0.2) is 51.4 Å². The average molecular weight is 495 g/mol. The van der Waals surface area contributed by atoms with Crippen molar-refractivity contribution >= 4 is 17.9 Å². The molecule has 0 aromatic heterocycles. The first-order valence-corrected chi connectivity index (χ1v) is 13.6. The SMILES string of the molecule is CC12CC[C@H]3[C@@H](CCC4(O)C[C@H](O)CCC34/C=N/Nc3ccccc3)C1(O)CCC2C1=CC(=O)OC1. The topological polar surface area (TPSA) is 111 Å². The molecule has 4 fully saturated rings. The van der Waals surface area contributed by atoms with Crippen LogP contribution < -0.4 is 5.43 Å². The Morgan fingerprint density at radius 3 is 2.56 bits per heavy atom. The molecule has 1 aliphatic heterocycles. The van der Waals surface area contributed by atoms with Crippen LogP contribution in [0.3, 0.4) is 0 Å². The van der Waals surface area contributed by atoms with Crippen LogP contribution >= 0.6 is 0 Å². The summed E-state index contributed by atoms with van der Waals surface area (Å²) in [6.45, 7) is 2.54. The number of hydrogen-bond donors (Lipinski definition) is 4. The molecular weight excluding hydrogens is 456 g/mol. The Morgan fingerprint density at radius 2 is 1.81 bits per heavy atom. The molecule has 194 valence electrons. The molecule has 5 aliphatic rings. The molecule has 1 aromatic carbocycles. The van der Waals surface area contributed by atoms with E-state index in [1.165, 1.54) is 0 Å². The predicted octanol–water partition coefficient (Wildman–Crippen LogP) is 3.80. The van der Waals surface area contributed by atoms with Crippen LogP contribution in [0.1, 0.15) is 64.7 Å². The largest absolute Gasteiger partial charge is 0.458 e. The summed E-state index contributed by atoms with van der Waals surface area (Å²) < 4.78 is 5.24. The van der Waals surface area contributed by atoms with Gasteiger partial charge in [-0.25, -0.2) is 4.79 Å². The lowest BCUT2D eigenvalue weighted by molar-refractivity contribution is -0.237. The smallest absolute Gasteiger partial charge is 0.331 e. The fourth-order valence-electron chi connectivity index (χ4n) is 9.10. The maximum Gasteiger partial charge on any atom is 0.331 e. The van der Waals surface area contributed by atoms with E-state index >= 15 is 0 Å². The van der Waals surface area contributed by atoms with E-state index in [1.807, 2.05) is 36.5 Å². The Morgan fingerprint density at radius 1 is 1.03 bits per heavy atom. The molecule has 0 bridgehead atoms. The van der Waals surface area contributed by atoms with Gasteiger partial charge in [0.15, 0.2) is 0 Å². The zero-order valence-corrected chi connectivity index (χ0v) is 21.0. The molecule has 4 saturated carbocycles. The number of nitrogens with zero attached hydrogens (tertiary/aromatic N) is 1. The van der Waals surface area contributed by atoms with Crippen molar-refractivity contribution in [2.24, 2.45) is 33.7 Å². The quantitative estimate of drug-likeness (QED) is 0.288. The molecular formula is C29H38N2O5. The van der Waals surface area contributed by atoms with E-state index < -0.39 is 22.7 Å². The zero-order valence-electron chi connectivity index (χ0n) is 21.0. The molecule has 4 N–H and O–H groups in total. The molecule has 4 aliphatic carbocycles. The second-order valence-corrected chi connectivity index (χ2v) is 12.3. The van der Waals surface area contributed by atoms with Gasteiger partial charge in [0.25, 0.3) is 0 Å². The number of fused-ring (bicyclic) bond motifs is 5. The average Bonchev–Trinajstić information content (AvgIpc) is 3.40. The minimum Gasteiger partial charge on any atom is -0.458 e. The number of hydrogen-bond acceptors (Lipinski definition) is 7. The number of aliphatic hydroxyl groups excluding tert-OH is 1. The van der Waals surface area contributed by atoms with Crippen molar-refractivity contribution < 1.29 is 24.9 Å². The molecule has 0 amide bonds. The second-order valence-electron chi connectivity index (χ2n) is 12.3. The molecule has 7 heteroatoms. The van der Waals surface area contributed by atoms with E-state index in [0.717, 1.165) is 36.9 Å². The van der Waals surface area contributed by atoms with Crippen molar-refractivity contribution in [3.05, 3.63) is 42.0 Å². The third kappa shape index (κ3) is 3.35. The number of nitrogens with one attached hydrogen (secondary N) is 1. The maximum atomic E-state index is 12.5. The van der Waals surface area contributed by atoms with Gasteiger partial charge >= 0.3 is 5.97 Å². The second kappa shape index (κ2) is 8.40. The molecule has 36 heavy (non-hydrogen) atoms. The highest BCUT2D eigenvalue weighted by Gasteiger charge is 2.71. The number of para-hydroxylation sites is 1. The van der Waals surface area contributed by atoms with Crippen LogP contribution in [-0.2, 0) is 9.53 Å². The van der Waals surface area contributed by atoms with Gasteiger partial charge in [-0.1, -0.05) is 25.1 Å². The maximum absolute atomic E-state index is 12.5. The summed E-state index contributed by atoms with van der Waals surface area (Å²) in [5.74, 6) is -0.0496. The highest BCUT2D eigenvalue weighted by atomic mass is 16.5. The van der Waals surface area contributed by atoms with Crippen LogP contribution in [0.25, 0.3) is 0 Å². The molecule has 8 atom stereocenters. The number of carbonyl (C=O) groups excluding carboxylic acids is 1. The van der Waals surface area contributed by atoms with Crippen LogP contribution in [0, 0.1) is 28.6 Å². The van der Waals surface area contributed by atoms with Gasteiger partial charge in [-0.2, -0.15) is 5.10 Å². The summed E-state index contributed by atoms with van der Waals surface area (Å²) in [7, 11) is 0. The van der Waals surface area contributed by atoms with E-state index in [1.54, 1.807) is 6.08 Å². The van der Waals surface area contributed by atoms with Crippen LogP contribution in [0.2, 0.25) is 0 Å². The molecule has 1 aromatic rings. The first-order chi connectivity index (χ1) is 17.2. The molecule has 0 spiro atoms. The van der Waals surface area contributed by atoms with Crippen LogP contribution in [0.5, 0.6) is 0 Å². The van der Waals surface area contributed by atoms with Gasteiger partial charge in [0.2, 0.25) is 0 Å². The Kier molecular flexibility index (Phi) is 5.63. The number of carbonyl (C=O) groups is 1. The predicted molar refractivity (Wildman–Crippen MR) is 136 cm³/mol. The van der Waals surface area contributed by atoms with Gasteiger partial charge in [0.1, 0.15) is 6.61 Å². The first kappa shape index (κ1) is 24.1. The lowest BCUT2D eigenvalue weighted by Crippen LogP contribution is -2.68. The fraction of sp³-hybridized carbons (Fsp3) is 0.655. The van der Waals surface area contributed by atoms with E-state index in [0.29, 0.717) is 38.7 Å². The van der Waals surface area contributed by atoms with Gasteiger partial charge in [-0.05, 0) is 86.8 Å². The molecule has 0 radical (unpaired) electrons. The number of rotatable bonds is 4. The van der Waals surface area contributed by atoms with Gasteiger partial charge in [-0.15, -0.1) is 0 Å². The lowest BCUT2D eigenvalue weighted by atomic mass is 9.41. The highest BCUT2D eigenvalue weighted by molar-refractivity contribution is 5.85. The van der Waals surface area contributed by atoms with Crippen molar-refractivity contribution in [3.63, 3.8) is 0 Å². The highest BCUT2D eigenvalue weighted by Crippen LogP contribution is 2.70.